The molecule has 0 saturated carbocycles. The highest BCUT2D eigenvalue weighted by molar-refractivity contribution is 9.10. The summed E-state index contributed by atoms with van der Waals surface area (Å²) in [4.78, 5) is 15.2. The Labute approximate surface area is 181 Å². The predicted molar refractivity (Wildman–Crippen MR) is 120 cm³/mol. The molecule has 0 spiro atoms. The van der Waals surface area contributed by atoms with Crippen LogP contribution in [-0.2, 0) is 14.8 Å². The van der Waals surface area contributed by atoms with E-state index < -0.39 is 10.0 Å². The third kappa shape index (κ3) is 5.18. The molecule has 2 aromatic rings. The molecular formula is C21H26BrN3O3S. The zero-order chi connectivity index (χ0) is 21.0. The third-order valence-corrected chi connectivity index (χ3v) is 7.64. The van der Waals surface area contributed by atoms with Gasteiger partial charge >= 0.3 is 0 Å². The van der Waals surface area contributed by atoms with Gasteiger partial charge in [0.15, 0.2) is 0 Å². The number of sulfonamides is 1. The van der Waals surface area contributed by atoms with Gasteiger partial charge in [-0.25, -0.2) is 8.42 Å². The molecule has 1 aliphatic rings. The normalized spacial score (nSPS) is 17.7. The fraction of sp³-hybridized carbons (Fsp3) is 0.381. The average molecular weight is 480 g/mol. The van der Waals surface area contributed by atoms with E-state index in [4.69, 9.17) is 0 Å². The highest BCUT2D eigenvalue weighted by Crippen LogP contribution is 2.26. The smallest absolute Gasteiger partial charge is 0.243 e. The van der Waals surface area contributed by atoms with Crippen molar-refractivity contribution < 1.29 is 13.2 Å². The molecule has 1 unspecified atom stereocenters. The molecule has 1 amide bonds. The summed E-state index contributed by atoms with van der Waals surface area (Å²) < 4.78 is 28.1. The lowest BCUT2D eigenvalue weighted by atomic mass is 9.98. The maximum atomic E-state index is 13.0. The van der Waals surface area contributed by atoms with Crippen molar-refractivity contribution >= 4 is 43.2 Å². The molecule has 1 atom stereocenters. The number of carbonyl (C=O) groups excluding carboxylic acids is 1. The van der Waals surface area contributed by atoms with Gasteiger partial charge in [0.1, 0.15) is 0 Å². The van der Waals surface area contributed by atoms with Gasteiger partial charge in [-0.1, -0.05) is 22.0 Å². The lowest BCUT2D eigenvalue weighted by molar-refractivity contribution is -0.120. The summed E-state index contributed by atoms with van der Waals surface area (Å²) in [5, 5.41) is 2.96. The molecular weight excluding hydrogens is 454 g/mol. The molecule has 0 radical (unpaired) electrons. The third-order valence-electron chi connectivity index (χ3n) is 5.24. The minimum absolute atomic E-state index is 0.142. The Kier molecular flexibility index (Phi) is 6.97. The van der Waals surface area contributed by atoms with Crippen molar-refractivity contribution in [3.63, 3.8) is 0 Å². The molecule has 0 bridgehead atoms. The van der Waals surface area contributed by atoms with E-state index in [1.807, 2.05) is 31.3 Å². The monoisotopic (exact) mass is 479 g/mol. The van der Waals surface area contributed by atoms with Crippen LogP contribution >= 0.6 is 15.9 Å². The highest BCUT2D eigenvalue weighted by Gasteiger charge is 2.33. The Morgan fingerprint density at radius 3 is 2.66 bits per heavy atom. The standard InChI is InChI=1S/C21H26BrN3O3S/c1-3-24(2)19-8-4-7-18(14-19)23-21(26)16-6-5-13-25(15-16)29(27,28)20-11-9-17(22)10-12-20/h4,7-12,14,16H,3,5-6,13,15H2,1-2H3,(H,23,26). The molecule has 1 saturated heterocycles. The number of hydrogen-bond acceptors (Lipinski definition) is 4. The number of carbonyl (C=O) groups is 1. The van der Waals surface area contributed by atoms with Gasteiger partial charge in [0.2, 0.25) is 15.9 Å². The van der Waals surface area contributed by atoms with E-state index in [9.17, 15) is 13.2 Å². The zero-order valence-corrected chi connectivity index (χ0v) is 19.0. The van der Waals surface area contributed by atoms with Crippen LogP contribution in [0.5, 0.6) is 0 Å². The van der Waals surface area contributed by atoms with Gasteiger partial charge in [0, 0.05) is 42.5 Å². The first-order valence-electron chi connectivity index (χ1n) is 9.69. The summed E-state index contributed by atoms with van der Waals surface area (Å²) in [6.07, 6.45) is 1.33. The number of nitrogens with one attached hydrogen (secondary N) is 1. The molecule has 2 aromatic carbocycles. The van der Waals surface area contributed by atoms with Crippen LogP contribution < -0.4 is 10.2 Å². The Bertz CT molecular complexity index is 963. The largest absolute Gasteiger partial charge is 0.375 e. The molecule has 0 aliphatic carbocycles. The summed E-state index contributed by atoms with van der Waals surface area (Å²) >= 11 is 3.32. The van der Waals surface area contributed by atoms with Crippen LogP contribution in [0.15, 0.2) is 57.9 Å². The SMILES string of the molecule is CCN(C)c1cccc(NC(=O)C2CCCN(S(=O)(=O)c3ccc(Br)cc3)C2)c1. The quantitative estimate of drug-likeness (QED) is 0.680. The number of halogens is 1. The molecule has 8 heteroatoms. The van der Waals surface area contributed by atoms with E-state index in [2.05, 4.69) is 33.1 Å². The Morgan fingerprint density at radius 2 is 1.97 bits per heavy atom. The molecule has 1 aliphatic heterocycles. The van der Waals surface area contributed by atoms with Gasteiger partial charge in [0.25, 0.3) is 0 Å². The number of rotatable bonds is 6. The van der Waals surface area contributed by atoms with Crippen molar-refractivity contribution in [3.05, 3.63) is 53.0 Å². The van der Waals surface area contributed by atoms with Crippen molar-refractivity contribution in [2.24, 2.45) is 5.92 Å². The van der Waals surface area contributed by atoms with Crippen LogP contribution in [0, 0.1) is 5.92 Å². The van der Waals surface area contributed by atoms with Crippen molar-refractivity contribution in [3.8, 4) is 0 Å². The van der Waals surface area contributed by atoms with Gasteiger partial charge in [-0.05, 0) is 62.2 Å². The molecule has 0 aromatic heterocycles. The van der Waals surface area contributed by atoms with E-state index >= 15 is 0 Å². The summed E-state index contributed by atoms with van der Waals surface area (Å²) in [6, 6.07) is 14.3. The number of nitrogens with zero attached hydrogens (tertiary/aromatic N) is 2. The van der Waals surface area contributed by atoms with E-state index in [-0.39, 0.29) is 23.3 Å². The highest BCUT2D eigenvalue weighted by atomic mass is 79.9. The Morgan fingerprint density at radius 1 is 1.24 bits per heavy atom. The summed E-state index contributed by atoms with van der Waals surface area (Å²) in [7, 11) is -1.62. The fourth-order valence-corrected chi connectivity index (χ4v) is 5.17. The second-order valence-corrected chi connectivity index (χ2v) is 10.1. The van der Waals surface area contributed by atoms with Gasteiger partial charge < -0.3 is 10.2 Å². The maximum Gasteiger partial charge on any atom is 0.243 e. The minimum atomic E-state index is -3.61. The maximum absolute atomic E-state index is 13.0. The Hall–Kier alpha value is -1.90. The first-order chi connectivity index (χ1) is 13.8. The molecule has 1 heterocycles. The van der Waals surface area contributed by atoms with Crippen LogP contribution in [0.4, 0.5) is 11.4 Å². The molecule has 6 nitrogen and oxygen atoms in total. The molecule has 156 valence electrons. The van der Waals surface area contributed by atoms with Crippen LogP contribution in [0.3, 0.4) is 0 Å². The number of anilines is 2. The lowest BCUT2D eigenvalue weighted by Crippen LogP contribution is -2.43. The summed E-state index contributed by atoms with van der Waals surface area (Å²) in [5.41, 5.74) is 1.74. The molecule has 3 rings (SSSR count). The van der Waals surface area contributed by atoms with Gasteiger partial charge in [-0.2, -0.15) is 4.31 Å². The first kappa shape index (κ1) is 21.8. The second kappa shape index (κ2) is 9.28. The van der Waals surface area contributed by atoms with Gasteiger partial charge in [-0.15, -0.1) is 0 Å². The van der Waals surface area contributed by atoms with Crippen LogP contribution in [0.1, 0.15) is 19.8 Å². The number of benzene rings is 2. The van der Waals surface area contributed by atoms with Crippen LogP contribution in [-0.4, -0.2) is 45.3 Å². The van der Waals surface area contributed by atoms with Crippen molar-refractivity contribution in [2.45, 2.75) is 24.7 Å². The molecule has 29 heavy (non-hydrogen) atoms. The van der Waals surface area contributed by atoms with Gasteiger partial charge in [-0.3, -0.25) is 4.79 Å². The van der Waals surface area contributed by atoms with E-state index in [1.165, 1.54) is 4.31 Å². The van der Waals surface area contributed by atoms with E-state index in [0.29, 0.717) is 19.4 Å². The minimum Gasteiger partial charge on any atom is -0.375 e. The predicted octanol–water partition coefficient (Wildman–Crippen LogP) is 3.94. The number of hydrogen-bond donors (Lipinski definition) is 1. The number of piperidine rings is 1. The molecule has 1 fully saturated rings. The van der Waals surface area contributed by atoms with Crippen LogP contribution in [0.2, 0.25) is 0 Å². The lowest BCUT2D eigenvalue weighted by Gasteiger charge is -2.31. The van der Waals surface area contributed by atoms with Crippen LogP contribution in [0.25, 0.3) is 0 Å². The summed E-state index contributed by atoms with van der Waals surface area (Å²) in [6.45, 7) is 3.55. The first-order valence-corrected chi connectivity index (χ1v) is 11.9. The van der Waals surface area contributed by atoms with Crippen molar-refractivity contribution in [1.29, 1.82) is 0 Å². The van der Waals surface area contributed by atoms with Gasteiger partial charge in [0.05, 0.1) is 10.8 Å². The Balaban J connectivity index is 1.70. The molecule has 1 N–H and O–H groups in total. The number of amides is 1. The zero-order valence-electron chi connectivity index (χ0n) is 16.6. The summed E-state index contributed by atoms with van der Waals surface area (Å²) in [5.74, 6) is -0.515. The fourth-order valence-electron chi connectivity index (χ4n) is 3.38. The van der Waals surface area contributed by atoms with Crippen molar-refractivity contribution in [2.75, 3.05) is 36.9 Å². The van der Waals surface area contributed by atoms with E-state index in [0.717, 1.165) is 22.4 Å². The van der Waals surface area contributed by atoms with Crippen molar-refractivity contribution in [1.82, 2.24) is 4.31 Å². The average Bonchev–Trinajstić information content (AvgIpc) is 2.73. The topological polar surface area (TPSA) is 69.7 Å². The van der Waals surface area contributed by atoms with E-state index in [1.54, 1.807) is 24.3 Å². The second-order valence-electron chi connectivity index (χ2n) is 7.21.